The molecular formula is C19H17NO3. The van der Waals surface area contributed by atoms with Gasteiger partial charge in [0.1, 0.15) is 0 Å². The molecule has 0 aliphatic heterocycles. The van der Waals surface area contributed by atoms with Crippen LogP contribution in [0.2, 0.25) is 0 Å². The molecule has 0 radical (unpaired) electrons. The average Bonchev–Trinajstić information content (AvgIpc) is 2.52. The van der Waals surface area contributed by atoms with Gasteiger partial charge in [0.05, 0.1) is 0 Å². The van der Waals surface area contributed by atoms with Gasteiger partial charge in [-0.25, -0.2) is 0 Å². The first-order valence-corrected chi connectivity index (χ1v) is 7.54. The Morgan fingerprint density at radius 3 is 1.91 bits per heavy atom. The summed E-state index contributed by atoms with van der Waals surface area (Å²) in [5.41, 5.74) is 2.24. The SMILES string of the molecule is CC(=O)N(c1ccc2c(c1)C(=O)c1ccccc1C2=O)C(C)C. The number of benzene rings is 2. The number of carbonyl (C=O) groups excluding carboxylic acids is 3. The third-order valence-corrected chi connectivity index (χ3v) is 4.04. The molecule has 2 aromatic carbocycles. The Morgan fingerprint density at radius 1 is 0.870 bits per heavy atom. The van der Waals surface area contributed by atoms with Crippen LogP contribution < -0.4 is 4.90 Å². The Kier molecular flexibility index (Phi) is 3.60. The molecule has 1 amide bonds. The minimum absolute atomic E-state index is 0.0350. The third kappa shape index (κ3) is 2.36. The largest absolute Gasteiger partial charge is 0.310 e. The Bertz CT molecular complexity index is 836. The fourth-order valence-corrected chi connectivity index (χ4v) is 3.08. The lowest BCUT2D eigenvalue weighted by Crippen LogP contribution is -2.35. The number of hydrogen-bond donors (Lipinski definition) is 0. The molecule has 0 bridgehead atoms. The topological polar surface area (TPSA) is 54.5 Å². The first-order chi connectivity index (χ1) is 10.9. The van der Waals surface area contributed by atoms with Crippen molar-refractivity contribution in [1.82, 2.24) is 0 Å². The summed E-state index contributed by atoms with van der Waals surface area (Å²) in [5, 5.41) is 0. The van der Waals surface area contributed by atoms with E-state index in [1.807, 2.05) is 13.8 Å². The van der Waals surface area contributed by atoms with E-state index in [0.717, 1.165) is 0 Å². The fraction of sp³-hybridized carbons (Fsp3) is 0.211. The fourth-order valence-electron chi connectivity index (χ4n) is 3.08. The van der Waals surface area contributed by atoms with Crippen molar-refractivity contribution in [2.45, 2.75) is 26.8 Å². The summed E-state index contributed by atoms with van der Waals surface area (Å²) in [4.78, 5) is 38.8. The van der Waals surface area contributed by atoms with E-state index < -0.39 is 0 Å². The van der Waals surface area contributed by atoms with Crippen LogP contribution in [0.3, 0.4) is 0 Å². The van der Waals surface area contributed by atoms with Gasteiger partial charge in [0.25, 0.3) is 0 Å². The van der Waals surface area contributed by atoms with Gasteiger partial charge in [-0.2, -0.15) is 0 Å². The Hall–Kier alpha value is -2.75. The molecule has 0 spiro atoms. The monoisotopic (exact) mass is 307 g/mol. The molecule has 0 atom stereocenters. The molecule has 0 aromatic heterocycles. The van der Waals surface area contributed by atoms with Crippen LogP contribution in [-0.4, -0.2) is 23.5 Å². The van der Waals surface area contributed by atoms with Gasteiger partial charge in [-0.3, -0.25) is 14.4 Å². The molecule has 4 nitrogen and oxygen atoms in total. The van der Waals surface area contributed by atoms with Gasteiger partial charge >= 0.3 is 0 Å². The Morgan fingerprint density at radius 2 is 1.39 bits per heavy atom. The number of rotatable bonds is 2. The second kappa shape index (κ2) is 5.47. The number of ketones is 2. The standard InChI is InChI=1S/C19H17NO3/c1-11(2)20(12(3)21)13-8-9-16-17(10-13)19(23)15-7-5-4-6-14(15)18(16)22/h4-11H,1-3H3. The number of anilines is 1. The third-order valence-electron chi connectivity index (χ3n) is 4.04. The second-order valence-corrected chi connectivity index (χ2v) is 5.92. The highest BCUT2D eigenvalue weighted by atomic mass is 16.2. The van der Waals surface area contributed by atoms with Crippen LogP contribution in [0.1, 0.15) is 52.6 Å². The predicted octanol–water partition coefficient (Wildman–Crippen LogP) is 3.22. The molecule has 4 heteroatoms. The van der Waals surface area contributed by atoms with Crippen molar-refractivity contribution in [2.75, 3.05) is 4.90 Å². The van der Waals surface area contributed by atoms with E-state index >= 15 is 0 Å². The normalized spacial score (nSPS) is 12.9. The van der Waals surface area contributed by atoms with Crippen LogP contribution in [0.4, 0.5) is 5.69 Å². The zero-order valence-corrected chi connectivity index (χ0v) is 13.3. The molecule has 0 fully saturated rings. The molecule has 0 saturated heterocycles. The maximum absolute atomic E-state index is 12.7. The van der Waals surface area contributed by atoms with Crippen molar-refractivity contribution in [2.24, 2.45) is 0 Å². The van der Waals surface area contributed by atoms with Gasteiger partial charge in [-0.15, -0.1) is 0 Å². The van der Waals surface area contributed by atoms with Gasteiger partial charge in [0.2, 0.25) is 5.91 Å². The van der Waals surface area contributed by atoms with Gasteiger partial charge in [0, 0.05) is 40.9 Å². The number of fused-ring (bicyclic) bond motifs is 2. The molecule has 3 rings (SSSR count). The highest BCUT2D eigenvalue weighted by Crippen LogP contribution is 2.30. The van der Waals surface area contributed by atoms with Crippen LogP contribution in [0.5, 0.6) is 0 Å². The molecule has 0 heterocycles. The van der Waals surface area contributed by atoms with Crippen molar-refractivity contribution >= 4 is 23.2 Å². The summed E-state index contributed by atoms with van der Waals surface area (Å²) in [6.07, 6.45) is 0. The van der Waals surface area contributed by atoms with Crippen molar-refractivity contribution < 1.29 is 14.4 Å². The maximum Gasteiger partial charge on any atom is 0.224 e. The van der Waals surface area contributed by atoms with Crippen LogP contribution in [0, 0.1) is 0 Å². The lowest BCUT2D eigenvalue weighted by Gasteiger charge is -2.27. The minimum Gasteiger partial charge on any atom is -0.310 e. The molecule has 1 aliphatic rings. The van der Waals surface area contributed by atoms with Crippen LogP contribution in [0.25, 0.3) is 0 Å². The Balaban J connectivity index is 2.16. The lowest BCUT2D eigenvalue weighted by molar-refractivity contribution is -0.116. The summed E-state index contributed by atoms with van der Waals surface area (Å²) < 4.78 is 0. The molecule has 0 unspecified atom stereocenters. The average molecular weight is 307 g/mol. The Labute approximate surface area is 134 Å². The first kappa shape index (κ1) is 15.2. The van der Waals surface area contributed by atoms with Gasteiger partial charge < -0.3 is 4.90 Å². The van der Waals surface area contributed by atoms with Crippen LogP contribution in [0.15, 0.2) is 42.5 Å². The quantitative estimate of drug-likeness (QED) is 0.730. The molecule has 0 N–H and O–H groups in total. The van der Waals surface area contributed by atoms with Crippen molar-refractivity contribution in [3.63, 3.8) is 0 Å². The molecule has 0 saturated carbocycles. The minimum atomic E-state index is -0.177. The van der Waals surface area contributed by atoms with E-state index in [0.29, 0.717) is 27.9 Å². The molecule has 23 heavy (non-hydrogen) atoms. The molecule has 2 aromatic rings. The summed E-state index contributed by atoms with van der Waals surface area (Å²) in [6, 6.07) is 11.8. The van der Waals surface area contributed by atoms with E-state index in [1.165, 1.54) is 6.92 Å². The number of carbonyl (C=O) groups is 3. The van der Waals surface area contributed by atoms with Gasteiger partial charge in [0.15, 0.2) is 11.6 Å². The van der Waals surface area contributed by atoms with E-state index in [2.05, 4.69) is 0 Å². The summed E-state index contributed by atoms with van der Waals surface area (Å²) in [7, 11) is 0. The summed E-state index contributed by atoms with van der Waals surface area (Å²) in [6.45, 7) is 5.30. The van der Waals surface area contributed by atoms with Gasteiger partial charge in [-0.1, -0.05) is 24.3 Å². The number of hydrogen-bond acceptors (Lipinski definition) is 3. The van der Waals surface area contributed by atoms with Gasteiger partial charge in [-0.05, 0) is 32.0 Å². The number of nitrogens with zero attached hydrogens (tertiary/aromatic N) is 1. The molecule has 116 valence electrons. The zero-order chi connectivity index (χ0) is 16.7. The molecule has 1 aliphatic carbocycles. The van der Waals surface area contributed by atoms with Crippen molar-refractivity contribution in [3.8, 4) is 0 Å². The van der Waals surface area contributed by atoms with Crippen molar-refractivity contribution in [1.29, 1.82) is 0 Å². The highest BCUT2D eigenvalue weighted by Gasteiger charge is 2.30. The van der Waals surface area contributed by atoms with Crippen LogP contribution in [-0.2, 0) is 4.79 Å². The number of amides is 1. The predicted molar refractivity (Wildman–Crippen MR) is 88.0 cm³/mol. The van der Waals surface area contributed by atoms with E-state index in [9.17, 15) is 14.4 Å². The van der Waals surface area contributed by atoms with E-state index in [-0.39, 0.29) is 23.5 Å². The van der Waals surface area contributed by atoms with E-state index in [4.69, 9.17) is 0 Å². The second-order valence-electron chi connectivity index (χ2n) is 5.92. The van der Waals surface area contributed by atoms with E-state index in [1.54, 1.807) is 47.4 Å². The lowest BCUT2D eigenvalue weighted by atomic mass is 9.84. The first-order valence-electron chi connectivity index (χ1n) is 7.54. The summed E-state index contributed by atoms with van der Waals surface area (Å²) in [5.74, 6) is -0.431. The zero-order valence-electron chi connectivity index (χ0n) is 13.3. The van der Waals surface area contributed by atoms with Crippen molar-refractivity contribution in [3.05, 3.63) is 64.7 Å². The summed E-state index contributed by atoms with van der Waals surface area (Å²) >= 11 is 0. The van der Waals surface area contributed by atoms with Crippen LogP contribution >= 0.6 is 0 Å². The highest BCUT2D eigenvalue weighted by molar-refractivity contribution is 6.28. The maximum atomic E-state index is 12.7. The molecular weight excluding hydrogens is 290 g/mol. The smallest absolute Gasteiger partial charge is 0.224 e.